The molecular formula is C22H36O2. The Hall–Kier alpha value is -0.600. The second-order valence-electron chi connectivity index (χ2n) is 8.35. The molecule has 1 saturated heterocycles. The summed E-state index contributed by atoms with van der Waals surface area (Å²) in [7, 11) is 0. The fraction of sp³-hybridized carbons (Fsp3) is 0.818. The van der Waals surface area contributed by atoms with Gasteiger partial charge in [-0.15, -0.1) is 6.58 Å². The Morgan fingerprint density at radius 2 is 1.21 bits per heavy atom. The van der Waals surface area contributed by atoms with Crippen molar-refractivity contribution in [2.45, 2.75) is 70.5 Å². The third-order valence-corrected chi connectivity index (χ3v) is 6.96. The van der Waals surface area contributed by atoms with Gasteiger partial charge in [0.15, 0.2) is 6.29 Å². The number of hydrogen-bond donors (Lipinski definition) is 0. The lowest BCUT2D eigenvalue weighted by Crippen LogP contribution is -2.37. The summed E-state index contributed by atoms with van der Waals surface area (Å²) in [6.07, 6.45) is 17.8. The molecule has 0 radical (unpaired) electrons. The molecule has 2 nitrogen and oxygen atoms in total. The van der Waals surface area contributed by atoms with Crippen LogP contribution >= 0.6 is 0 Å². The van der Waals surface area contributed by atoms with Gasteiger partial charge in [-0.1, -0.05) is 25.5 Å². The zero-order valence-corrected chi connectivity index (χ0v) is 15.3. The molecule has 2 aliphatic carbocycles. The number of rotatable bonds is 6. The highest BCUT2D eigenvalue weighted by molar-refractivity contribution is 4.86. The van der Waals surface area contributed by atoms with Crippen LogP contribution in [0.4, 0.5) is 0 Å². The number of ether oxygens (including phenoxy) is 2. The summed E-state index contributed by atoms with van der Waals surface area (Å²) < 4.78 is 11.5. The van der Waals surface area contributed by atoms with Gasteiger partial charge in [0, 0.05) is 5.92 Å². The van der Waals surface area contributed by atoms with Crippen LogP contribution in [0, 0.1) is 29.6 Å². The lowest BCUT2D eigenvalue weighted by atomic mass is 9.67. The van der Waals surface area contributed by atoms with Gasteiger partial charge in [0.25, 0.3) is 0 Å². The average molecular weight is 333 g/mol. The van der Waals surface area contributed by atoms with E-state index in [1.54, 1.807) is 6.08 Å². The van der Waals surface area contributed by atoms with Crippen LogP contribution in [0.15, 0.2) is 25.3 Å². The molecule has 136 valence electrons. The van der Waals surface area contributed by atoms with Crippen molar-refractivity contribution in [3.05, 3.63) is 25.3 Å². The van der Waals surface area contributed by atoms with E-state index in [2.05, 4.69) is 19.2 Å². The molecule has 24 heavy (non-hydrogen) atoms. The van der Waals surface area contributed by atoms with Crippen LogP contribution in [0.3, 0.4) is 0 Å². The van der Waals surface area contributed by atoms with Gasteiger partial charge in [-0.2, -0.15) is 0 Å². The van der Waals surface area contributed by atoms with E-state index >= 15 is 0 Å². The molecule has 2 saturated carbocycles. The van der Waals surface area contributed by atoms with E-state index in [0.717, 1.165) is 36.9 Å². The van der Waals surface area contributed by atoms with Gasteiger partial charge in [0.05, 0.1) is 13.2 Å². The first-order valence-corrected chi connectivity index (χ1v) is 10.3. The molecule has 3 rings (SSSR count). The van der Waals surface area contributed by atoms with Gasteiger partial charge in [-0.3, -0.25) is 0 Å². The quantitative estimate of drug-likeness (QED) is 0.577. The summed E-state index contributed by atoms with van der Waals surface area (Å²) in [5.41, 5.74) is 0. The summed E-state index contributed by atoms with van der Waals surface area (Å²) in [5, 5.41) is 0. The number of hydrogen-bond acceptors (Lipinski definition) is 2. The summed E-state index contributed by atoms with van der Waals surface area (Å²) in [5.74, 6) is 4.40. The first-order chi connectivity index (χ1) is 11.8. The Balaban J connectivity index is 1.37. The van der Waals surface area contributed by atoms with Gasteiger partial charge in [-0.25, -0.2) is 0 Å². The average Bonchev–Trinajstić information content (AvgIpc) is 2.67. The summed E-state index contributed by atoms with van der Waals surface area (Å²) in [6.45, 7) is 9.34. The number of allylic oxidation sites excluding steroid dienone is 1. The molecule has 0 N–H and O–H groups in total. The molecule has 0 amide bonds. The van der Waals surface area contributed by atoms with Crippen LogP contribution in [-0.4, -0.2) is 19.5 Å². The minimum atomic E-state index is -0.172. The van der Waals surface area contributed by atoms with Crippen molar-refractivity contribution in [2.24, 2.45) is 29.6 Å². The zero-order chi connectivity index (χ0) is 16.8. The van der Waals surface area contributed by atoms with E-state index in [4.69, 9.17) is 9.47 Å². The fourth-order valence-electron chi connectivity index (χ4n) is 5.33. The second-order valence-corrected chi connectivity index (χ2v) is 8.35. The van der Waals surface area contributed by atoms with Gasteiger partial charge >= 0.3 is 0 Å². The van der Waals surface area contributed by atoms with Crippen LogP contribution in [0.2, 0.25) is 0 Å². The molecule has 0 aromatic rings. The maximum atomic E-state index is 5.73. The molecule has 0 aromatic heterocycles. The van der Waals surface area contributed by atoms with E-state index in [9.17, 15) is 0 Å². The predicted octanol–water partition coefficient (Wildman–Crippen LogP) is 5.74. The van der Waals surface area contributed by atoms with Crippen molar-refractivity contribution in [2.75, 3.05) is 13.2 Å². The maximum absolute atomic E-state index is 5.73. The van der Waals surface area contributed by atoms with Crippen LogP contribution in [-0.2, 0) is 9.47 Å². The van der Waals surface area contributed by atoms with Crippen molar-refractivity contribution < 1.29 is 9.47 Å². The molecule has 3 aliphatic rings. The van der Waals surface area contributed by atoms with Crippen LogP contribution in [0.1, 0.15) is 64.2 Å². The first-order valence-electron chi connectivity index (χ1n) is 10.3. The highest BCUT2D eigenvalue weighted by Crippen LogP contribution is 2.44. The lowest BCUT2D eigenvalue weighted by molar-refractivity contribution is -0.185. The molecule has 0 unspecified atom stereocenters. The zero-order valence-electron chi connectivity index (χ0n) is 15.3. The molecule has 0 bridgehead atoms. The normalized spacial score (nSPS) is 40.8. The Labute approximate surface area is 148 Å². The second kappa shape index (κ2) is 9.20. The fourth-order valence-corrected chi connectivity index (χ4v) is 5.33. The minimum Gasteiger partial charge on any atom is -0.349 e. The largest absolute Gasteiger partial charge is 0.349 e. The molecule has 3 fully saturated rings. The Morgan fingerprint density at radius 3 is 1.71 bits per heavy atom. The van der Waals surface area contributed by atoms with Gasteiger partial charge in [-0.05, 0) is 81.1 Å². The third kappa shape index (κ3) is 4.73. The molecular weight excluding hydrogens is 296 g/mol. The molecule has 1 aliphatic heterocycles. The Bertz CT molecular complexity index is 381. The van der Waals surface area contributed by atoms with E-state index in [-0.39, 0.29) is 6.29 Å². The van der Waals surface area contributed by atoms with E-state index in [0.29, 0.717) is 5.92 Å². The summed E-state index contributed by atoms with van der Waals surface area (Å²) in [4.78, 5) is 0. The minimum absolute atomic E-state index is 0.172. The monoisotopic (exact) mass is 332 g/mol. The van der Waals surface area contributed by atoms with Gasteiger partial charge in [0.2, 0.25) is 0 Å². The van der Waals surface area contributed by atoms with Crippen molar-refractivity contribution in [3.8, 4) is 0 Å². The highest BCUT2D eigenvalue weighted by Gasteiger charge is 2.34. The Morgan fingerprint density at radius 1 is 0.708 bits per heavy atom. The van der Waals surface area contributed by atoms with Crippen LogP contribution in [0.5, 0.6) is 0 Å². The summed E-state index contributed by atoms with van der Waals surface area (Å²) >= 11 is 0. The van der Waals surface area contributed by atoms with Gasteiger partial charge < -0.3 is 9.47 Å². The first kappa shape index (κ1) is 18.2. The van der Waals surface area contributed by atoms with Crippen LogP contribution < -0.4 is 0 Å². The highest BCUT2D eigenvalue weighted by atomic mass is 16.7. The maximum Gasteiger partial charge on any atom is 0.176 e. The van der Waals surface area contributed by atoms with Crippen molar-refractivity contribution in [3.63, 3.8) is 0 Å². The van der Waals surface area contributed by atoms with E-state index in [1.807, 2.05) is 0 Å². The molecule has 0 aromatic carbocycles. The van der Waals surface area contributed by atoms with E-state index < -0.39 is 0 Å². The van der Waals surface area contributed by atoms with Crippen LogP contribution in [0.25, 0.3) is 0 Å². The SMILES string of the molecule is C=CCCC1CCC(C2CCC(C3COC(C=C)OC3)CC2)CC1. The molecule has 2 heteroatoms. The summed E-state index contributed by atoms with van der Waals surface area (Å²) in [6, 6.07) is 0. The predicted molar refractivity (Wildman–Crippen MR) is 99.7 cm³/mol. The third-order valence-electron chi connectivity index (χ3n) is 6.96. The molecule has 1 heterocycles. The topological polar surface area (TPSA) is 18.5 Å². The smallest absolute Gasteiger partial charge is 0.176 e. The van der Waals surface area contributed by atoms with Gasteiger partial charge in [0.1, 0.15) is 0 Å². The molecule has 0 atom stereocenters. The van der Waals surface area contributed by atoms with Crippen molar-refractivity contribution in [1.29, 1.82) is 0 Å². The van der Waals surface area contributed by atoms with E-state index in [1.165, 1.54) is 64.2 Å². The Kier molecular flexibility index (Phi) is 6.97. The van der Waals surface area contributed by atoms with Crippen molar-refractivity contribution >= 4 is 0 Å². The standard InChI is InChI=1S/C22H36O2/c1-3-5-6-17-7-9-18(10-8-17)19-11-13-20(14-12-19)21-15-23-22(4-2)24-16-21/h3-4,17-22H,1-2,5-16H2. The molecule has 0 spiro atoms. The van der Waals surface area contributed by atoms with Crippen molar-refractivity contribution in [1.82, 2.24) is 0 Å². The lowest BCUT2D eigenvalue weighted by Gasteiger charge is -2.41.